The van der Waals surface area contributed by atoms with Gasteiger partial charge in [-0.3, -0.25) is 0 Å². The van der Waals surface area contributed by atoms with Crippen LogP contribution in [0.1, 0.15) is 31.9 Å². The average Bonchev–Trinajstić information content (AvgIpc) is 2.30. The highest BCUT2D eigenvalue weighted by Gasteiger charge is 2.10. The van der Waals surface area contributed by atoms with Gasteiger partial charge in [0.15, 0.2) is 0 Å². The molecule has 1 N–H and O–H groups in total. The summed E-state index contributed by atoms with van der Waals surface area (Å²) in [4.78, 5) is 2.36. The Bertz CT molecular complexity index is 378. The van der Waals surface area contributed by atoms with Crippen LogP contribution in [0.15, 0.2) is 35.9 Å². The van der Waals surface area contributed by atoms with E-state index < -0.39 is 0 Å². The first-order valence-corrected chi connectivity index (χ1v) is 5.85. The Balaban J connectivity index is 2.10. The number of anilines is 1. The minimum atomic E-state index is -0.377. The van der Waals surface area contributed by atoms with Gasteiger partial charge in [0.25, 0.3) is 0 Å². The highest BCUT2D eigenvalue weighted by Crippen LogP contribution is 2.21. The molecule has 1 aromatic rings. The first-order valence-electron chi connectivity index (χ1n) is 5.85. The van der Waals surface area contributed by atoms with Gasteiger partial charge in [-0.2, -0.15) is 0 Å². The van der Waals surface area contributed by atoms with E-state index in [9.17, 15) is 5.11 Å². The molecule has 1 aromatic carbocycles. The monoisotopic (exact) mass is 217 g/mol. The van der Waals surface area contributed by atoms with Crippen LogP contribution in [-0.2, 0) is 0 Å². The van der Waals surface area contributed by atoms with E-state index in [1.165, 1.54) is 11.3 Å². The summed E-state index contributed by atoms with van der Waals surface area (Å²) >= 11 is 0. The third-order valence-electron chi connectivity index (χ3n) is 3.18. The molecule has 1 unspecified atom stereocenters. The van der Waals surface area contributed by atoms with Crippen molar-refractivity contribution in [2.24, 2.45) is 0 Å². The fourth-order valence-electron chi connectivity index (χ4n) is 1.97. The van der Waals surface area contributed by atoms with Gasteiger partial charge in [0.1, 0.15) is 0 Å². The van der Waals surface area contributed by atoms with E-state index in [0.29, 0.717) is 0 Å². The zero-order valence-electron chi connectivity index (χ0n) is 9.98. The number of aliphatic hydroxyl groups is 1. The van der Waals surface area contributed by atoms with Crippen LogP contribution < -0.4 is 4.90 Å². The van der Waals surface area contributed by atoms with E-state index in [2.05, 4.69) is 30.0 Å². The van der Waals surface area contributed by atoms with Gasteiger partial charge in [-0.1, -0.05) is 23.8 Å². The number of nitrogens with zero attached hydrogens (tertiary/aromatic N) is 1. The summed E-state index contributed by atoms with van der Waals surface area (Å²) in [7, 11) is 0. The summed E-state index contributed by atoms with van der Waals surface area (Å²) in [5.74, 6) is 0. The smallest absolute Gasteiger partial charge is 0.0761 e. The molecule has 0 amide bonds. The molecular weight excluding hydrogens is 198 g/mol. The Morgan fingerprint density at radius 1 is 1.25 bits per heavy atom. The maximum absolute atomic E-state index is 9.44. The van der Waals surface area contributed by atoms with Crippen LogP contribution in [0.25, 0.3) is 0 Å². The number of benzene rings is 1. The van der Waals surface area contributed by atoms with Crippen molar-refractivity contribution in [1.82, 2.24) is 0 Å². The van der Waals surface area contributed by atoms with Crippen molar-refractivity contribution < 1.29 is 5.11 Å². The molecule has 1 aliphatic rings. The fourth-order valence-corrected chi connectivity index (χ4v) is 1.97. The molecule has 2 heteroatoms. The van der Waals surface area contributed by atoms with Crippen LogP contribution in [0, 0.1) is 0 Å². The first-order chi connectivity index (χ1) is 7.66. The van der Waals surface area contributed by atoms with Crippen molar-refractivity contribution in [3.63, 3.8) is 0 Å². The molecule has 0 aliphatic carbocycles. The van der Waals surface area contributed by atoms with Gasteiger partial charge >= 0.3 is 0 Å². The Kier molecular flexibility index (Phi) is 3.30. The summed E-state index contributed by atoms with van der Waals surface area (Å²) < 4.78 is 0. The van der Waals surface area contributed by atoms with E-state index in [1.54, 1.807) is 6.92 Å². The molecule has 0 fully saturated rings. The van der Waals surface area contributed by atoms with Gasteiger partial charge in [0, 0.05) is 18.8 Å². The maximum Gasteiger partial charge on any atom is 0.0761 e. The van der Waals surface area contributed by atoms with Crippen molar-refractivity contribution in [1.29, 1.82) is 0 Å². The van der Waals surface area contributed by atoms with Crippen molar-refractivity contribution in [3.8, 4) is 0 Å². The lowest BCUT2D eigenvalue weighted by atomic mass is 10.1. The van der Waals surface area contributed by atoms with Crippen molar-refractivity contribution in [3.05, 3.63) is 41.5 Å². The third-order valence-corrected chi connectivity index (χ3v) is 3.18. The number of hydrogen-bond donors (Lipinski definition) is 1. The predicted molar refractivity (Wildman–Crippen MR) is 67.7 cm³/mol. The summed E-state index contributed by atoms with van der Waals surface area (Å²) in [5.41, 5.74) is 3.71. The Morgan fingerprint density at radius 2 is 1.94 bits per heavy atom. The lowest BCUT2D eigenvalue weighted by Crippen LogP contribution is -2.27. The highest BCUT2D eigenvalue weighted by atomic mass is 16.3. The van der Waals surface area contributed by atoms with E-state index in [4.69, 9.17) is 0 Å². The molecule has 0 aromatic heterocycles. The standard InChI is InChI=1S/C14H19NO/c1-11-7-9-15(10-8-11)14-5-3-13(4-6-14)12(2)16/h3-7,12,16H,8-10H2,1-2H3. The lowest BCUT2D eigenvalue weighted by Gasteiger charge is -2.27. The lowest BCUT2D eigenvalue weighted by molar-refractivity contribution is 0.199. The second kappa shape index (κ2) is 4.71. The normalized spacial score (nSPS) is 18.2. The topological polar surface area (TPSA) is 23.5 Å². The van der Waals surface area contributed by atoms with Crippen molar-refractivity contribution in [2.75, 3.05) is 18.0 Å². The molecule has 86 valence electrons. The Hall–Kier alpha value is -1.28. The summed E-state index contributed by atoms with van der Waals surface area (Å²) in [6.45, 7) is 6.08. The van der Waals surface area contributed by atoms with Gasteiger partial charge in [-0.15, -0.1) is 0 Å². The van der Waals surface area contributed by atoms with Gasteiger partial charge < -0.3 is 10.0 Å². The second-order valence-electron chi connectivity index (χ2n) is 4.51. The molecule has 2 nitrogen and oxygen atoms in total. The van der Waals surface area contributed by atoms with Crippen LogP contribution in [-0.4, -0.2) is 18.2 Å². The van der Waals surface area contributed by atoms with E-state index in [-0.39, 0.29) is 6.10 Å². The number of rotatable bonds is 2. The molecule has 0 saturated heterocycles. The van der Waals surface area contributed by atoms with Crippen LogP contribution in [0.5, 0.6) is 0 Å². The molecule has 1 heterocycles. The highest BCUT2D eigenvalue weighted by molar-refractivity contribution is 5.49. The van der Waals surface area contributed by atoms with Crippen molar-refractivity contribution >= 4 is 5.69 Å². The predicted octanol–water partition coefficient (Wildman–Crippen LogP) is 2.90. The summed E-state index contributed by atoms with van der Waals surface area (Å²) in [5, 5.41) is 9.44. The van der Waals surface area contributed by atoms with Gasteiger partial charge in [-0.25, -0.2) is 0 Å². The van der Waals surface area contributed by atoms with Gasteiger partial charge in [0.05, 0.1) is 6.10 Å². The summed E-state index contributed by atoms with van der Waals surface area (Å²) in [6, 6.07) is 8.20. The molecule has 1 atom stereocenters. The SMILES string of the molecule is CC1=CCN(c2ccc(C(C)O)cc2)CC1. The Morgan fingerprint density at radius 3 is 2.44 bits per heavy atom. The van der Waals surface area contributed by atoms with Crippen LogP contribution >= 0.6 is 0 Å². The molecule has 0 radical (unpaired) electrons. The number of hydrogen-bond acceptors (Lipinski definition) is 2. The zero-order chi connectivity index (χ0) is 11.5. The largest absolute Gasteiger partial charge is 0.389 e. The van der Waals surface area contributed by atoms with Gasteiger partial charge in [0.2, 0.25) is 0 Å². The quantitative estimate of drug-likeness (QED) is 0.770. The van der Waals surface area contributed by atoms with E-state index in [0.717, 1.165) is 25.1 Å². The molecule has 0 saturated carbocycles. The fraction of sp³-hybridized carbons (Fsp3) is 0.429. The minimum absolute atomic E-state index is 0.377. The molecule has 1 aliphatic heterocycles. The summed E-state index contributed by atoms with van der Waals surface area (Å²) in [6.07, 6.45) is 3.06. The van der Waals surface area contributed by atoms with E-state index in [1.807, 2.05) is 12.1 Å². The molecule has 2 rings (SSSR count). The average molecular weight is 217 g/mol. The van der Waals surface area contributed by atoms with Crippen LogP contribution in [0.3, 0.4) is 0 Å². The molecular formula is C14H19NO. The van der Waals surface area contributed by atoms with Crippen LogP contribution in [0.4, 0.5) is 5.69 Å². The second-order valence-corrected chi connectivity index (χ2v) is 4.51. The van der Waals surface area contributed by atoms with Crippen LogP contribution in [0.2, 0.25) is 0 Å². The van der Waals surface area contributed by atoms with E-state index >= 15 is 0 Å². The molecule has 0 bridgehead atoms. The first kappa shape index (κ1) is 11.2. The third kappa shape index (κ3) is 2.45. The number of aliphatic hydroxyl groups excluding tert-OH is 1. The zero-order valence-corrected chi connectivity index (χ0v) is 9.98. The maximum atomic E-state index is 9.44. The van der Waals surface area contributed by atoms with Crippen molar-refractivity contribution in [2.45, 2.75) is 26.4 Å². The Labute approximate surface area is 97.2 Å². The minimum Gasteiger partial charge on any atom is -0.389 e. The van der Waals surface area contributed by atoms with Gasteiger partial charge in [-0.05, 0) is 38.0 Å². The molecule has 16 heavy (non-hydrogen) atoms. The molecule has 0 spiro atoms.